The SMILES string of the molecule is Cc1ccc(-c2nc(C)c(C(=O)N3CCCC3Cc3ccccc3)s2)o1. The van der Waals surface area contributed by atoms with Crippen LogP contribution in [0.5, 0.6) is 0 Å². The topological polar surface area (TPSA) is 46.3 Å². The first-order valence-corrected chi connectivity index (χ1v) is 9.82. The largest absolute Gasteiger partial charge is 0.459 e. The molecular formula is C21H22N2O2S. The van der Waals surface area contributed by atoms with Gasteiger partial charge in [-0.3, -0.25) is 4.79 Å². The van der Waals surface area contributed by atoms with Crippen LogP contribution in [0.25, 0.3) is 10.8 Å². The number of nitrogens with zero attached hydrogens (tertiary/aromatic N) is 2. The Labute approximate surface area is 157 Å². The van der Waals surface area contributed by atoms with E-state index in [2.05, 4.69) is 29.2 Å². The van der Waals surface area contributed by atoms with E-state index in [-0.39, 0.29) is 11.9 Å². The fourth-order valence-electron chi connectivity index (χ4n) is 3.58. The molecule has 5 heteroatoms. The lowest BCUT2D eigenvalue weighted by Crippen LogP contribution is -2.36. The normalized spacial score (nSPS) is 17.0. The summed E-state index contributed by atoms with van der Waals surface area (Å²) in [6.07, 6.45) is 3.03. The van der Waals surface area contributed by atoms with Crippen molar-refractivity contribution < 1.29 is 9.21 Å². The van der Waals surface area contributed by atoms with E-state index in [0.29, 0.717) is 0 Å². The number of carbonyl (C=O) groups is 1. The van der Waals surface area contributed by atoms with Gasteiger partial charge in [0.15, 0.2) is 10.8 Å². The summed E-state index contributed by atoms with van der Waals surface area (Å²) in [5, 5.41) is 0.776. The van der Waals surface area contributed by atoms with Crippen molar-refractivity contribution >= 4 is 17.2 Å². The Kier molecular flexibility index (Phi) is 4.64. The van der Waals surface area contributed by atoms with E-state index >= 15 is 0 Å². The molecule has 3 aromatic rings. The zero-order chi connectivity index (χ0) is 18.1. The molecule has 1 unspecified atom stereocenters. The van der Waals surface area contributed by atoms with E-state index < -0.39 is 0 Å². The first kappa shape index (κ1) is 17.0. The summed E-state index contributed by atoms with van der Waals surface area (Å²) in [5.74, 6) is 1.69. The van der Waals surface area contributed by atoms with E-state index in [0.717, 1.165) is 52.9 Å². The molecule has 0 bridgehead atoms. The van der Waals surface area contributed by atoms with Gasteiger partial charge >= 0.3 is 0 Å². The second kappa shape index (κ2) is 7.08. The highest BCUT2D eigenvalue weighted by molar-refractivity contribution is 7.17. The highest BCUT2D eigenvalue weighted by Crippen LogP contribution is 2.32. The molecule has 0 spiro atoms. The third-order valence-electron chi connectivity index (χ3n) is 4.89. The summed E-state index contributed by atoms with van der Waals surface area (Å²) in [6.45, 7) is 4.64. The molecule has 134 valence electrons. The molecule has 1 atom stereocenters. The number of rotatable bonds is 4. The Hall–Kier alpha value is -2.40. The van der Waals surface area contributed by atoms with Crippen LogP contribution in [0.1, 0.15) is 39.5 Å². The molecule has 0 radical (unpaired) electrons. The fraction of sp³-hybridized carbons (Fsp3) is 0.333. The third-order valence-corrected chi connectivity index (χ3v) is 6.05. The first-order valence-electron chi connectivity index (χ1n) is 9.01. The molecule has 1 fully saturated rings. The minimum Gasteiger partial charge on any atom is -0.459 e. The van der Waals surface area contributed by atoms with Gasteiger partial charge < -0.3 is 9.32 Å². The number of hydrogen-bond donors (Lipinski definition) is 0. The molecule has 1 saturated heterocycles. The van der Waals surface area contributed by atoms with Gasteiger partial charge in [-0.15, -0.1) is 11.3 Å². The van der Waals surface area contributed by atoms with Gasteiger partial charge in [-0.1, -0.05) is 30.3 Å². The summed E-state index contributed by atoms with van der Waals surface area (Å²) in [4.78, 5) is 20.5. The van der Waals surface area contributed by atoms with E-state index in [1.807, 2.05) is 36.9 Å². The third kappa shape index (κ3) is 3.31. The molecule has 0 aliphatic carbocycles. The Morgan fingerprint density at radius 2 is 2.04 bits per heavy atom. The van der Waals surface area contributed by atoms with Crippen molar-refractivity contribution in [2.45, 2.75) is 39.2 Å². The Balaban J connectivity index is 1.56. The molecule has 4 nitrogen and oxygen atoms in total. The van der Waals surface area contributed by atoms with Gasteiger partial charge in [-0.2, -0.15) is 0 Å². The summed E-state index contributed by atoms with van der Waals surface area (Å²) in [7, 11) is 0. The van der Waals surface area contributed by atoms with Crippen LogP contribution in [0, 0.1) is 13.8 Å². The molecule has 1 aliphatic rings. The maximum absolute atomic E-state index is 13.2. The second-order valence-electron chi connectivity index (χ2n) is 6.83. The van der Waals surface area contributed by atoms with E-state index in [9.17, 15) is 4.79 Å². The van der Waals surface area contributed by atoms with E-state index in [1.165, 1.54) is 16.9 Å². The number of aryl methyl sites for hydroxylation is 2. The molecule has 2 aromatic heterocycles. The van der Waals surface area contributed by atoms with Crippen molar-refractivity contribution in [2.24, 2.45) is 0 Å². The molecular weight excluding hydrogens is 344 g/mol. The number of carbonyl (C=O) groups excluding carboxylic acids is 1. The number of furan rings is 1. The molecule has 3 heterocycles. The molecule has 1 aromatic carbocycles. The summed E-state index contributed by atoms with van der Waals surface area (Å²) in [5.41, 5.74) is 2.07. The first-order chi connectivity index (χ1) is 12.6. The van der Waals surface area contributed by atoms with Crippen LogP contribution in [0.2, 0.25) is 0 Å². The molecule has 4 rings (SSSR count). The smallest absolute Gasteiger partial charge is 0.266 e. The van der Waals surface area contributed by atoms with Gasteiger partial charge in [0.1, 0.15) is 10.6 Å². The number of likely N-dealkylation sites (tertiary alicyclic amines) is 1. The predicted molar refractivity (Wildman–Crippen MR) is 103 cm³/mol. The molecule has 1 aliphatic heterocycles. The van der Waals surface area contributed by atoms with Gasteiger partial charge in [0, 0.05) is 12.6 Å². The fourth-order valence-corrected chi connectivity index (χ4v) is 4.57. The van der Waals surface area contributed by atoms with Crippen LogP contribution in [-0.2, 0) is 6.42 Å². The monoisotopic (exact) mass is 366 g/mol. The van der Waals surface area contributed by atoms with Gasteiger partial charge in [-0.25, -0.2) is 4.98 Å². The summed E-state index contributed by atoms with van der Waals surface area (Å²) < 4.78 is 5.67. The van der Waals surface area contributed by atoms with Gasteiger partial charge in [0.2, 0.25) is 0 Å². The molecule has 0 N–H and O–H groups in total. The van der Waals surface area contributed by atoms with E-state index in [4.69, 9.17) is 4.42 Å². The van der Waals surface area contributed by atoms with Gasteiger partial charge in [-0.05, 0) is 50.8 Å². The Morgan fingerprint density at radius 3 is 2.77 bits per heavy atom. The number of amides is 1. The van der Waals surface area contributed by atoms with Crippen LogP contribution in [0.15, 0.2) is 46.9 Å². The highest BCUT2D eigenvalue weighted by Gasteiger charge is 2.31. The minimum atomic E-state index is 0.105. The highest BCUT2D eigenvalue weighted by atomic mass is 32.1. The maximum Gasteiger partial charge on any atom is 0.266 e. The lowest BCUT2D eigenvalue weighted by Gasteiger charge is -2.24. The average molecular weight is 366 g/mol. The maximum atomic E-state index is 13.2. The standard InChI is InChI=1S/C21H22N2O2S/c1-14-10-11-18(25-14)20-22-15(2)19(26-20)21(24)23-12-6-9-17(23)13-16-7-4-3-5-8-16/h3-5,7-8,10-11,17H,6,9,12-13H2,1-2H3. The van der Waals surface area contributed by atoms with Crippen LogP contribution in [0.3, 0.4) is 0 Å². The number of benzene rings is 1. The lowest BCUT2D eigenvalue weighted by atomic mass is 10.0. The van der Waals surface area contributed by atoms with E-state index in [1.54, 1.807) is 0 Å². The average Bonchev–Trinajstić information content (AvgIpc) is 3.35. The number of aromatic nitrogens is 1. The Bertz CT molecular complexity index is 913. The van der Waals surface area contributed by atoms with Crippen LogP contribution < -0.4 is 0 Å². The molecule has 26 heavy (non-hydrogen) atoms. The van der Waals surface area contributed by atoms with Crippen LogP contribution in [0.4, 0.5) is 0 Å². The second-order valence-corrected chi connectivity index (χ2v) is 7.83. The van der Waals surface area contributed by atoms with Crippen molar-refractivity contribution in [1.29, 1.82) is 0 Å². The van der Waals surface area contributed by atoms with Gasteiger partial charge in [0.05, 0.1) is 5.69 Å². The zero-order valence-corrected chi connectivity index (χ0v) is 15.9. The van der Waals surface area contributed by atoms with Gasteiger partial charge in [0.25, 0.3) is 5.91 Å². The number of thiazole rings is 1. The van der Waals surface area contributed by atoms with Crippen molar-refractivity contribution in [1.82, 2.24) is 9.88 Å². The molecule has 0 saturated carbocycles. The van der Waals surface area contributed by atoms with Crippen molar-refractivity contribution in [2.75, 3.05) is 6.54 Å². The Morgan fingerprint density at radius 1 is 1.23 bits per heavy atom. The zero-order valence-electron chi connectivity index (χ0n) is 15.1. The lowest BCUT2D eigenvalue weighted by molar-refractivity contribution is 0.0740. The van der Waals surface area contributed by atoms with Crippen molar-refractivity contribution in [3.05, 3.63) is 64.4 Å². The number of hydrogen-bond acceptors (Lipinski definition) is 4. The van der Waals surface area contributed by atoms with Crippen molar-refractivity contribution in [3.8, 4) is 10.8 Å². The van der Waals surface area contributed by atoms with Crippen LogP contribution >= 0.6 is 11.3 Å². The molecule has 1 amide bonds. The summed E-state index contributed by atoms with van der Waals surface area (Å²) in [6, 6.07) is 14.5. The van der Waals surface area contributed by atoms with Crippen LogP contribution in [-0.4, -0.2) is 28.4 Å². The minimum absolute atomic E-state index is 0.105. The predicted octanol–water partition coefficient (Wildman–Crippen LogP) is 4.87. The summed E-state index contributed by atoms with van der Waals surface area (Å²) >= 11 is 1.43. The quantitative estimate of drug-likeness (QED) is 0.662. The van der Waals surface area contributed by atoms with Crippen molar-refractivity contribution in [3.63, 3.8) is 0 Å².